The molecule has 130 valence electrons. The quantitative estimate of drug-likeness (QED) is 0.867. The molecule has 1 aliphatic heterocycles. The molecule has 1 saturated heterocycles. The number of carboxylic acid groups (broad SMARTS) is 1. The van der Waals surface area contributed by atoms with Crippen molar-refractivity contribution < 1.29 is 23.8 Å². The molecule has 0 spiro atoms. The van der Waals surface area contributed by atoms with Gasteiger partial charge >= 0.3 is 5.97 Å². The van der Waals surface area contributed by atoms with E-state index in [1.54, 1.807) is 12.1 Å². The number of benzene rings is 1. The van der Waals surface area contributed by atoms with Gasteiger partial charge in [0.1, 0.15) is 5.82 Å². The Morgan fingerprint density at radius 1 is 1.17 bits per heavy atom. The Balaban J connectivity index is 1.71. The van der Waals surface area contributed by atoms with E-state index in [2.05, 4.69) is 5.32 Å². The summed E-state index contributed by atoms with van der Waals surface area (Å²) in [5.41, 5.74) is 0.810. The number of amides is 1. The number of carboxylic acids is 1. The summed E-state index contributed by atoms with van der Waals surface area (Å²) < 4.78 is 18.9. The first-order valence-corrected chi connectivity index (χ1v) is 8.45. The summed E-state index contributed by atoms with van der Waals surface area (Å²) in [6.07, 6.45) is 3.14. The van der Waals surface area contributed by atoms with Gasteiger partial charge in [0, 0.05) is 12.5 Å². The molecule has 24 heavy (non-hydrogen) atoms. The summed E-state index contributed by atoms with van der Waals surface area (Å²) in [5.74, 6) is -2.01. The van der Waals surface area contributed by atoms with E-state index in [0.29, 0.717) is 25.9 Å². The van der Waals surface area contributed by atoms with Gasteiger partial charge in [-0.25, -0.2) is 4.39 Å². The molecule has 2 N–H and O–H groups in total. The predicted octanol–water partition coefficient (Wildman–Crippen LogP) is 2.66. The van der Waals surface area contributed by atoms with Gasteiger partial charge in [-0.15, -0.1) is 0 Å². The van der Waals surface area contributed by atoms with E-state index in [9.17, 15) is 14.0 Å². The van der Waals surface area contributed by atoms with Crippen LogP contribution in [0.1, 0.15) is 43.7 Å². The number of rotatable bonds is 5. The zero-order valence-electron chi connectivity index (χ0n) is 13.4. The van der Waals surface area contributed by atoms with Gasteiger partial charge in [-0.1, -0.05) is 12.1 Å². The van der Waals surface area contributed by atoms with Crippen molar-refractivity contribution in [3.63, 3.8) is 0 Å². The lowest BCUT2D eigenvalue weighted by Gasteiger charge is -2.26. The second-order valence-corrected chi connectivity index (χ2v) is 6.63. The number of hydrogen-bond acceptors (Lipinski definition) is 3. The van der Waals surface area contributed by atoms with Crippen LogP contribution in [0.5, 0.6) is 0 Å². The van der Waals surface area contributed by atoms with Gasteiger partial charge in [0.25, 0.3) is 0 Å². The lowest BCUT2D eigenvalue weighted by atomic mass is 9.97. The highest BCUT2D eigenvalue weighted by molar-refractivity contribution is 5.81. The minimum absolute atomic E-state index is 0.129. The maximum Gasteiger partial charge on any atom is 0.306 e. The van der Waals surface area contributed by atoms with Crippen molar-refractivity contribution in [1.82, 2.24) is 5.32 Å². The molecule has 4 atom stereocenters. The van der Waals surface area contributed by atoms with Gasteiger partial charge in [0.15, 0.2) is 0 Å². The SMILES string of the molecule is O=C(O)[C@@H]1CC[C@H](C(=O)NC(c2ccc(F)cc2)C2CCCO2)C1. The van der Waals surface area contributed by atoms with Crippen LogP contribution in [0.25, 0.3) is 0 Å². The summed E-state index contributed by atoms with van der Waals surface area (Å²) in [4.78, 5) is 23.7. The zero-order valence-corrected chi connectivity index (χ0v) is 13.4. The Hall–Kier alpha value is -1.95. The summed E-state index contributed by atoms with van der Waals surface area (Å²) in [6.45, 7) is 0.656. The lowest BCUT2D eigenvalue weighted by molar-refractivity contribution is -0.141. The number of hydrogen-bond donors (Lipinski definition) is 2. The fourth-order valence-electron chi connectivity index (χ4n) is 3.64. The Bertz CT molecular complexity index is 598. The predicted molar refractivity (Wildman–Crippen MR) is 84.7 cm³/mol. The number of carbonyl (C=O) groups is 2. The summed E-state index contributed by atoms with van der Waals surface area (Å²) in [5, 5.41) is 12.1. The first-order chi connectivity index (χ1) is 11.5. The number of ether oxygens (including phenoxy) is 1. The topological polar surface area (TPSA) is 75.6 Å². The highest BCUT2D eigenvalue weighted by Crippen LogP contribution is 2.33. The van der Waals surface area contributed by atoms with Crippen molar-refractivity contribution in [1.29, 1.82) is 0 Å². The van der Waals surface area contributed by atoms with Crippen LogP contribution in [0.2, 0.25) is 0 Å². The van der Waals surface area contributed by atoms with Crippen molar-refractivity contribution in [3.05, 3.63) is 35.6 Å². The van der Waals surface area contributed by atoms with Crippen molar-refractivity contribution in [2.75, 3.05) is 6.61 Å². The normalized spacial score (nSPS) is 27.8. The summed E-state index contributed by atoms with van der Waals surface area (Å²) in [7, 11) is 0. The highest BCUT2D eigenvalue weighted by Gasteiger charge is 2.36. The molecule has 0 aromatic heterocycles. The van der Waals surface area contributed by atoms with Crippen molar-refractivity contribution in [2.24, 2.45) is 11.8 Å². The van der Waals surface area contributed by atoms with Crippen LogP contribution in [-0.2, 0) is 14.3 Å². The molecule has 3 rings (SSSR count). The monoisotopic (exact) mass is 335 g/mol. The largest absolute Gasteiger partial charge is 0.481 e. The van der Waals surface area contributed by atoms with Crippen LogP contribution in [0, 0.1) is 17.7 Å². The lowest BCUT2D eigenvalue weighted by Crippen LogP contribution is -2.39. The van der Waals surface area contributed by atoms with Crippen molar-refractivity contribution in [2.45, 2.75) is 44.2 Å². The summed E-state index contributed by atoms with van der Waals surface area (Å²) >= 11 is 0. The number of carbonyl (C=O) groups excluding carboxylic acids is 1. The van der Waals surface area contributed by atoms with E-state index in [1.807, 2.05) is 0 Å². The van der Waals surface area contributed by atoms with E-state index in [-0.39, 0.29) is 29.8 Å². The molecule has 1 saturated carbocycles. The van der Waals surface area contributed by atoms with Crippen LogP contribution < -0.4 is 5.32 Å². The average molecular weight is 335 g/mol. The van der Waals surface area contributed by atoms with E-state index < -0.39 is 11.9 Å². The first-order valence-electron chi connectivity index (χ1n) is 8.45. The average Bonchev–Trinajstić information content (AvgIpc) is 3.25. The van der Waals surface area contributed by atoms with Crippen LogP contribution in [-0.4, -0.2) is 29.7 Å². The molecule has 1 aliphatic carbocycles. The Labute approximate surface area is 140 Å². The molecule has 2 fully saturated rings. The fraction of sp³-hybridized carbons (Fsp3) is 0.556. The van der Waals surface area contributed by atoms with E-state index in [0.717, 1.165) is 18.4 Å². The molecule has 5 nitrogen and oxygen atoms in total. The zero-order chi connectivity index (χ0) is 17.1. The third-order valence-electron chi connectivity index (χ3n) is 5.02. The van der Waals surface area contributed by atoms with Gasteiger partial charge in [-0.05, 0) is 49.8 Å². The summed E-state index contributed by atoms with van der Waals surface area (Å²) in [6, 6.07) is 5.75. The highest BCUT2D eigenvalue weighted by atomic mass is 19.1. The molecule has 1 heterocycles. The van der Waals surface area contributed by atoms with Crippen molar-refractivity contribution in [3.8, 4) is 0 Å². The van der Waals surface area contributed by atoms with Gasteiger partial charge in [0.05, 0.1) is 18.1 Å². The van der Waals surface area contributed by atoms with Gasteiger partial charge in [-0.2, -0.15) is 0 Å². The van der Waals surface area contributed by atoms with E-state index in [4.69, 9.17) is 9.84 Å². The molecule has 1 aromatic carbocycles. The van der Waals surface area contributed by atoms with Gasteiger partial charge in [-0.3, -0.25) is 9.59 Å². The molecule has 2 aliphatic rings. The van der Waals surface area contributed by atoms with Crippen LogP contribution >= 0.6 is 0 Å². The van der Waals surface area contributed by atoms with E-state index >= 15 is 0 Å². The molecule has 0 bridgehead atoms. The molecule has 6 heteroatoms. The van der Waals surface area contributed by atoms with Crippen LogP contribution in [0.15, 0.2) is 24.3 Å². The van der Waals surface area contributed by atoms with E-state index in [1.165, 1.54) is 12.1 Å². The third kappa shape index (κ3) is 3.75. The van der Waals surface area contributed by atoms with Crippen molar-refractivity contribution >= 4 is 11.9 Å². The third-order valence-corrected chi connectivity index (χ3v) is 5.02. The first kappa shape index (κ1) is 16.9. The maximum atomic E-state index is 13.2. The minimum Gasteiger partial charge on any atom is -0.481 e. The minimum atomic E-state index is -0.834. The molecular formula is C18H22FNO4. The molecule has 0 radical (unpaired) electrons. The smallest absolute Gasteiger partial charge is 0.306 e. The van der Waals surface area contributed by atoms with Crippen LogP contribution in [0.4, 0.5) is 4.39 Å². The fourth-order valence-corrected chi connectivity index (χ4v) is 3.64. The standard InChI is InChI=1S/C18H22FNO4/c19-14-7-5-11(6-8-14)16(15-2-1-9-24-15)20-17(21)12-3-4-13(10-12)18(22)23/h5-8,12-13,15-16H,1-4,9-10H2,(H,20,21)(H,22,23)/t12-,13+,15?,16?/m0/s1. The maximum absolute atomic E-state index is 13.2. The second-order valence-electron chi connectivity index (χ2n) is 6.63. The number of nitrogens with one attached hydrogen (secondary N) is 1. The Morgan fingerprint density at radius 2 is 1.88 bits per heavy atom. The van der Waals surface area contributed by atoms with Crippen LogP contribution in [0.3, 0.4) is 0 Å². The molecule has 2 unspecified atom stereocenters. The molecule has 1 aromatic rings. The Morgan fingerprint density at radius 3 is 2.46 bits per heavy atom. The second kappa shape index (κ2) is 7.30. The molecule has 1 amide bonds. The van der Waals surface area contributed by atoms with Gasteiger partial charge < -0.3 is 15.2 Å². The van der Waals surface area contributed by atoms with Gasteiger partial charge in [0.2, 0.25) is 5.91 Å². The number of halogens is 1. The molecular weight excluding hydrogens is 313 g/mol. The number of aliphatic carboxylic acids is 1. The Kier molecular flexibility index (Phi) is 5.14.